The monoisotopic (exact) mass is 350 g/mol. The van der Waals surface area contributed by atoms with E-state index in [1.165, 1.54) is 12.8 Å². The Hall–Kier alpha value is -1.54. The van der Waals surface area contributed by atoms with Gasteiger partial charge in [0.05, 0.1) is 12.1 Å². The van der Waals surface area contributed by atoms with E-state index in [1.54, 1.807) is 4.68 Å². The molecule has 3 rings (SSSR count). The number of amides is 1. The fraction of sp³-hybridized carbons (Fsp3) is 0.882. The van der Waals surface area contributed by atoms with Crippen LogP contribution in [-0.4, -0.2) is 62.4 Å². The predicted octanol–water partition coefficient (Wildman–Crippen LogP) is 0.979. The molecule has 0 unspecified atom stereocenters. The van der Waals surface area contributed by atoms with Gasteiger partial charge in [0.25, 0.3) is 0 Å². The molecule has 1 atom stereocenters. The lowest BCUT2D eigenvalue weighted by molar-refractivity contribution is -0.124. The molecule has 2 aliphatic rings. The van der Waals surface area contributed by atoms with E-state index in [0.717, 1.165) is 37.7 Å². The van der Waals surface area contributed by atoms with Gasteiger partial charge >= 0.3 is 0 Å². The van der Waals surface area contributed by atoms with E-state index in [2.05, 4.69) is 46.5 Å². The first-order valence-electron chi connectivity index (χ1n) is 9.32. The molecule has 140 valence electrons. The molecule has 8 heteroatoms. The van der Waals surface area contributed by atoms with Crippen molar-refractivity contribution in [1.29, 1.82) is 0 Å². The first-order chi connectivity index (χ1) is 11.9. The van der Waals surface area contributed by atoms with Gasteiger partial charge in [-0.1, -0.05) is 6.92 Å². The van der Waals surface area contributed by atoms with Gasteiger partial charge < -0.3 is 10.1 Å². The van der Waals surface area contributed by atoms with E-state index < -0.39 is 0 Å². The molecular weight excluding hydrogens is 320 g/mol. The van der Waals surface area contributed by atoms with Gasteiger partial charge in [-0.2, -0.15) is 0 Å². The number of rotatable bonds is 5. The molecule has 2 aliphatic heterocycles. The number of likely N-dealkylation sites (tertiary alicyclic amines) is 1. The Balaban J connectivity index is 1.51. The number of hydrogen-bond acceptors (Lipinski definition) is 6. The summed E-state index contributed by atoms with van der Waals surface area (Å²) in [6, 6.07) is 0.153. The number of tetrazole rings is 1. The Morgan fingerprint density at radius 1 is 1.32 bits per heavy atom. The molecule has 0 saturated carbocycles. The molecule has 2 saturated heterocycles. The molecule has 0 aromatic carbocycles. The van der Waals surface area contributed by atoms with Crippen molar-refractivity contribution in [2.45, 2.75) is 71.2 Å². The fourth-order valence-electron chi connectivity index (χ4n) is 3.64. The lowest BCUT2D eigenvalue weighted by atomic mass is 9.94. The third kappa shape index (κ3) is 5.22. The summed E-state index contributed by atoms with van der Waals surface area (Å²) in [5.41, 5.74) is -0.179. The van der Waals surface area contributed by atoms with Crippen molar-refractivity contribution in [2.24, 2.45) is 5.92 Å². The molecule has 1 N–H and O–H groups in total. The largest absolute Gasteiger partial charge is 0.375 e. The van der Waals surface area contributed by atoms with Crippen LogP contribution >= 0.6 is 0 Å². The SMILES string of the molecule is CC1CCN(Cc2nnnn2CC(=O)N[C@H]2CCOC(C)(C)C2)CC1. The summed E-state index contributed by atoms with van der Waals surface area (Å²) >= 11 is 0. The third-order valence-electron chi connectivity index (χ3n) is 5.20. The second-order valence-corrected chi connectivity index (χ2v) is 8.08. The molecular formula is C17H30N6O2. The molecule has 1 aromatic rings. The van der Waals surface area contributed by atoms with E-state index in [4.69, 9.17) is 4.74 Å². The molecule has 3 heterocycles. The molecule has 0 spiro atoms. The quantitative estimate of drug-likeness (QED) is 0.852. The third-order valence-corrected chi connectivity index (χ3v) is 5.20. The standard InChI is InChI=1S/C17H30N6O2/c1-13-4-7-22(8-5-13)11-15-19-20-21-23(15)12-16(24)18-14-6-9-25-17(2,3)10-14/h13-14H,4-12H2,1-3H3,(H,18,24)/t14-/m0/s1. The summed E-state index contributed by atoms with van der Waals surface area (Å²) in [5, 5.41) is 15.0. The number of ether oxygens (including phenoxy) is 1. The van der Waals surface area contributed by atoms with Crippen LogP contribution < -0.4 is 5.32 Å². The van der Waals surface area contributed by atoms with Crippen LogP contribution in [0, 0.1) is 5.92 Å². The van der Waals surface area contributed by atoms with Gasteiger partial charge in [-0.15, -0.1) is 5.10 Å². The van der Waals surface area contributed by atoms with Crippen molar-refractivity contribution < 1.29 is 9.53 Å². The van der Waals surface area contributed by atoms with Gasteiger partial charge in [-0.05, 0) is 69.0 Å². The second-order valence-electron chi connectivity index (χ2n) is 8.08. The minimum Gasteiger partial charge on any atom is -0.375 e. The Morgan fingerprint density at radius 2 is 2.08 bits per heavy atom. The van der Waals surface area contributed by atoms with Crippen LogP contribution in [0.1, 0.15) is 52.3 Å². The summed E-state index contributed by atoms with van der Waals surface area (Å²) in [7, 11) is 0. The zero-order valence-corrected chi connectivity index (χ0v) is 15.6. The number of aromatic nitrogens is 4. The average molecular weight is 350 g/mol. The number of piperidine rings is 1. The average Bonchev–Trinajstić information content (AvgIpc) is 2.95. The smallest absolute Gasteiger partial charge is 0.242 e. The van der Waals surface area contributed by atoms with Crippen LogP contribution in [0.4, 0.5) is 0 Å². The number of nitrogens with zero attached hydrogens (tertiary/aromatic N) is 5. The minimum absolute atomic E-state index is 0.0384. The van der Waals surface area contributed by atoms with E-state index in [1.807, 2.05) is 0 Å². The highest BCUT2D eigenvalue weighted by atomic mass is 16.5. The maximum absolute atomic E-state index is 12.4. The van der Waals surface area contributed by atoms with Crippen LogP contribution in [0.25, 0.3) is 0 Å². The normalized spacial score (nSPS) is 25.0. The van der Waals surface area contributed by atoms with Gasteiger partial charge in [-0.3, -0.25) is 9.69 Å². The molecule has 2 fully saturated rings. The Kier molecular flexibility index (Phi) is 5.68. The summed E-state index contributed by atoms with van der Waals surface area (Å²) in [6.07, 6.45) is 4.10. The van der Waals surface area contributed by atoms with Crippen molar-refractivity contribution in [3.8, 4) is 0 Å². The molecule has 0 aliphatic carbocycles. The summed E-state index contributed by atoms with van der Waals surface area (Å²) in [4.78, 5) is 14.8. The fourth-order valence-corrected chi connectivity index (χ4v) is 3.64. The van der Waals surface area contributed by atoms with Crippen LogP contribution in [0.3, 0.4) is 0 Å². The van der Waals surface area contributed by atoms with Gasteiger partial charge in [0.15, 0.2) is 5.82 Å². The number of carbonyl (C=O) groups is 1. The van der Waals surface area contributed by atoms with Gasteiger partial charge in [0.1, 0.15) is 6.54 Å². The van der Waals surface area contributed by atoms with E-state index in [-0.39, 0.29) is 24.1 Å². The summed E-state index contributed by atoms with van der Waals surface area (Å²) in [6.45, 7) is 10.1. The van der Waals surface area contributed by atoms with Gasteiger partial charge in [0.2, 0.25) is 5.91 Å². The lowest BCUT2D eigenvalue weighted by Gasteiger charge is -2.35. The van der Waals surface area contributed by atoms with Crippen molar-refractivity contribution in [2.75, 3.05) is 19.7 Å². The molecule has 8 nitrogen and oxygen atoms in total. The van der Waals surface area contributed by atoms with Gasteiger partial charge in [-0.25, -0.2) is 4.68 Å². The molecule has 0 radical (unpaired) electrons. The second kappa shape index (κ2) is 7.78. The summed E-state index contributed by atoms with van der Waals surface area (Å²) < 4.78 is 7.32. The first-order valence-corrected chi connectivity index (χ1v) is 9.32. The highest BCUT2D eigenvalue weighted by Gasteiger charge is 2.30. The highest BCUT2D eigenvalue weighted by Crippen LogP contribution is 2.23. The van der Waals surface area contributed by atoms with Gasteiger partial charge in [0, 0.05) is 12.6 Å². The molecule has 0 bridgehead atoms. The maximum atomic E-state index is 12.4. The van der Waals surface area contributed by atoms with E-state index in [9.17, 15) is 4.79 Å². The topological polar surface area (TPSA) is 85.2 Å². The first kappa shape index (κ1) is 18.3. The van der Waals surface area contributed by atoms with Crippen molar-refractivity contribution in [3.05, 3.63) is 5.82 Å². The van der Waals surface area contributed by atoms with Crippen molar-refractivity contribution in [3.63, 3.8) is 0 Å². The molecule has 25 heavy (non-hydrogen) atoms. The zero-order valence-electron chi connectivity index (χ0n) is 15.6. The number of hydrogen-bond donors (Lipinski definition) is 1. The predicted molar refractivity (Wildman–Crippen MR) is 92.7 cm³/mol. The van der Waals surface area contributed by atoms with Crippen molar-refractivity contribution in [1.82, 2.24) is 30.4 Å². The van der Waals surface area contributed by atoms with E-state index >= 15 is 0 Å². The number of carbonyl (C=O) groups excluding carboxylic acids is 1. The lowest BCUT2D eigenvalue weighted by Crippen LogP contribution is -2.46. The summed E-state index contributed by atoms with van der Waals surface area (Å²) in [5.74, 6) is 1.52. The van der Waals surface area contributed by atoms with Crippen LogP contribution in [0.2, 0.25) is 0 Å². The highest BCUT2D eigenvalue weighted by molar-refractivity contribution is 5.76. The maximum Gasteiger partial charge on any atom is 0.242 e. The van der Waals surface area contributed by atoms with Crippen LogP contribution in [-0.2, 0) is 22.6 Å². The van der Waals surface area contributed by atoms with Crippen LogP contribution in [0.15, 0.2) is 0 Å². The molecule has 1 amide bonds. The zero-order chi connectivity index (χ0) is 17.9. The van der Waals surface area contributed by atoms with Crippen LogP contribution in [0.5, 0.6) is 0 Å². The molecule has 1 aromatic heterocycles. The van der Waals surface area contributed by atoms with Crippen molar-refractivity contribution >= 4 is 5.91 Å². The van der Waals surface area contributed by atoms with E-state index in [0.29, 0.717) is 13.2 Å². The Bertz CT molecular complexity index is 579. The number of nitrogens with one attached hydrogen (secondary N) is 1. The minimum atomic E-state index is -0.179. The Morgan fingerprint density at radius 3 is 2.80 bits per heavy atom. The Labute approximate surface area is 149 Å².